The number of guanidine groups is 1. The Morgan fingerprint density at radius 1 is 1.24 bits per heavy atom. The van der Waals surface area contributed by atoms with Crippen LogP contribution in [-0.2, 0) is 24.1 Å². The van der Waals surface area contributed by atoms with Crippen molar-refractivity contribution < 1.29 is 9.26 Å². The molecule has 0 radical (unpaired) electrons. The predicted molar refractivity (Wildman–Crippen MR) is 125 cm³/mol. The molecule has 0 fully saturated rings. The minimum absolute atomic E-state index is 0. The Kier molecular flexibility index (Phi) is 9.35. The van der Waals surface area contributed by atoms with Crippen molar-refractivity contribution in [2.75, 3.05) is 13.7 Å². The predicted octanol–water partition coefficient (Wildman–Crippen LogP) is 4.09. The van der Waals surface area contributed by atoms with Crippen molar-refractivity contribution in [3.05, 3.63) is 46.6 Å². The molecule has 8 heteroatoms. The number of rotatable bonds is 7. The summed E-state index contributed by atoms with van der Waals surface area (Å²) in [6.07, 6.45) is 4.80. The van der Waals surface area contributed by atoms with Gasteiger partial charge in [-0.25, -0.2) is 0 Å². The summed E-state index contributed by atoms with van der Waals surface area (Å²) in [7, 11) is 1.76. The van der Waals surface area contributed by atoms with Crippen molar-refractivity contribution in [3.8, 4) is 0 Å². The number of fused-ring (bicyclic) bond motifs is 1. The Morgan fingerprint density at radius 2 is 2.00 bits per heavy atom. The third-order valence-corrected chi connectivity index (χ3v) is 5.12. The van der Waals surface area contributed by atoms with Crippen LogP contribution in [-0.4, -0.2) is 29.8 Å². The molecule has 0 spiro atoms. The molecule has 2 N–H and O–H groups in total. The molecule has 0 bridgehead atoms. The van der Waals surface area contributed by atoms with Gasteiger partial charge in [0.05, 0.1) is 12.6 Å². The summed E-state index contributed by atoms with van der Waals surface area (Å²) in [5.74, 6) is 1.76. The minimum Gasteiger partial charge on any atom is -0.371 e. The monoisotopic (exact) mass is 513 g/mol. The molecule has 1 aliphatic rings. The summed E-state index contributed by atoms with van der Waals surface area (Å²) in [4.78, 5) is 8.68. The first-order valence-corrected chi connectivity index (χ1v) is 10.1. The zero-order chi connectivity index (χ0) is 19.9. The Morgan fingerprint density at radius 3 is 2.72 bits per heavy atom. The highest BCUT2D eigenvalue weighted by molar-refractivity contribution is 14.0. The number of nitrogens with one attached hydrogen (secondary N) is 2. The van der Waals surface area contributed by atoms with Crippen LogP contribution in [0.3, 0.4) is 0 Å². The van der Waals surface area contributed by atoms with Gasteiger partial charge in [0.1, 0.15) is 6.10 Å². The average molecular weight is 513 g/mol. The smallest absolute Gasteiger partial charge is 0.246 e. The van der Waals surface area contributed by atoms with E-state index in [1.807, 2.05) is 13.8 Å². The number of benzene rings is 1. The molecule has 3 rings (SSSR count). The van der Waals surface area contributed by atoms with Crippen LogP contribution in [0.25, 0.3) is 0 Å². The maximum absolute atomic E-state index is 5.49. The van der Waals surface area contributed by atoms with Gasteiger partial charge in [-0.2, -0.15) is 4.98 Å². The summed E-state index contributed by atoms with van der Waals surface area (Å²) in [5.41, 5.74) is 4.26. The van der Waals surface area contributed by atoms with Gasteiger partial charge in [0.15, 0.2) is 11.8 Å². The first-order valence-electron chi connectivity index (χ1n) is 10.1. The number of aromatic nitrogens is 2. The molecule has 1 aliphatic carbocycles. The maximum Gasteiger partial charge on any atom is 0.246 e. The van der Waals surface area contributed by atoms with Crippen molar-refractivity contribution in [3.63, 3.8) is 0 Å². The molecular formula is C21H32IN5O2. The van der Waals surface area contributed by atoms with Gasteiger partial charge in [-0.3, -0.25) is 4.99 Å². The standard InChI is InChI=1S/C21H31N5O2.HI/c1-5-27-15(3)20-25-19(28-26-20)13-23-21(22-4)24-14(2)17-11-10-16-8-6-7-9-18(16)12-17;/h10-12,14-15H,5-9,13H2,1-4H3,(H2,22,23,24);1H. The van der Waals surface area contributed by atoms with E-state index in [0.29, 0.717) is 30.8 Å². The van der Waals surface area contributed by atoms with E-state index in [0.717, 1.165) is 0 Å². The SMILES string of the molecule is CCOC(C)c1noc(CNC(=NC)NC(C)c2ccc3c(c2)CCCC3)n1.I. The Labute approximate surface area is 190 Å². The van der Waals surface area contributed by atoms with E-state index in [9.17, 15) is 0 Å². The molecule has 1 aromatic carbocycles. The summed E-state index contributed by atoms with van der Waals surface area (Å²) in [6.45, 7) is 7.01. The van der Waals surface area contributed by atoms with Crippen molar-refractivity contribution >= 4 is 29.9 Å². The average Bonchev–Trinajstić information content (AvgIpc) is 3.20. The molecular weight excluding hydrogens is 481 g/mol. The van der Waals surface area contributed by atoms with Gasteiger partial charge in [0.25, 0.3) is 0 Å². The van der Waals surface area contributed by atoms with Gasteiger partial charge >= 0.3 is 0 Å². The van der Waals surface area contributed by atoms with Crippen LogP contribution in [0, 0.1) is 0 Å². The second-order valence-electron chi connectivity index (χ2n) is 7.17. The van der Waals surface area contributed by atoms with Gasteiger partial charge in [-0.05, 0) is 63.1 Å². The van der Waals surface area contributed by atoms with E-state index in [-0.39, 0.29) is 36.1 Å². The Bertz CT molecular complexity index is 808. The third-order valence-electron chi connectivity index (χ3n) is 5.12. The quantitative estimate of drug-likeness (QED) is 0.330. The van der Waals surface area contributed by atoms with Gasteiger partial charge in [-0.1, -0.05) is 23.4 Å². The summed E-state index contributed by atoms with van der Waals surface area (Å²) in [5, 5.41) is 10.6. The number of hydrogen-bond acceptors (Lipinski definition) is 5. The number of aryl methyl sites for hydroxylation is 2. The topological polar surface area (TPSA) is 84.6 Å². The minimum atomic E-state index is -0.177. The fourth-order valence-corrected chi connectivity index (χ4v) is 3.49. The number of hydrogen-bond donors (Lipinski definition) is 2. The van der Waals surface area contributed by atoms with Crippen LogP contribution in [0.1, 0.15) is 74.2 Å². The second-order valence-corrected chi connectivity index (χ2v) is 7.17. The summed E-state index contributed by atoms with van der Waals surface area (Å²) >= 11 is 0. The van der Waals surface area contributed by atoms with Gasteiger partial charge in [0, 0.05) is 13.7 Å². The van der Waals surface area contributed by atoms with Crippen LogP contribution >= 0.6 is 24.0 Å². The molecule has 0 amide bonds. The molecule has 0 saturated heterocycles. The molecule has 2 unspecified atom stereocenters. The van der Waals surface area contributed by atoms with Crippen molar-refractivity contribution in [2.45, 2.75) is 65.1 Å². The van der Waals surface area contributed by atoms with Gasteiger partial charge in [0.2, 0.25) is 5.89 Å². The van der Waals surface area contributed by atoms with E-state index >= 15 is 0 Å². The largest absolute Gasteiger partial charge is 0.371 e. The van der Waals surface area contributed by atoms with Crippen LogP contribution in [0.5, 0.6) is 0 Å². The molecule has 1 aromatic heterocycles. The van der Waals surface area contributed by atoms with E-state index in [1.54, 1.807) is 7.05 Å². The third kappa shape index (κ3) is 6.40. The van der Waals surface area contributed by atoms with Crippen molar-refractivity contribution in [1.82, 2.24) is 20.8 Å². The molecule has 7 nitrogen and oxygen atoms in total. The van der Waals surface area contributed by atoms with Gasteiger partial charge in [-0.15, -0.1) is 24.0 Å². The highest BCUT2D eigenvalue weighted by atomic mass is 127. The molecule has 160 valence electrons. The lowest BCUT2D eigenvalue weighted by atomic mass is 9.89. The molecule has 0 aliphatic heterocycles. The van der Waals surface area contributed by atoms with E-state index in [1.165, 1.54) is 42.4 Å². The zero-order valence-electron chi connectivity index (χ0n) is 17.7. The number of nitrogens with zero attached hydrogens (tertiary/aromatic N) is 3. The molecule has 0 saturated carbocycles. The van der Waals surface area contributed by atoms with Crippen molar-refractivity contribution in [2.24, 2.45) is 4.99 Å². The first-order chi connectivity index (χ1) is 13.6. The van der Waals surface area contributed by atoms with Crippen LogP contribution in [0.2, 0.25) is 0 Å². The normalized spacial score (nSPS) is 15.8. The summed E-state index contributed by atoms with van der Waals surface area (Å²) < 4.78 is 10.8. The van der Waals surface area contributed by atoms with Crippen LogP contribution < -0.4 is 10.6 Å². The van der Waals surface area contributed by atoms with E-state index in [2.05, 4.69) is 50.9 Å². The van der Waals surface area contributed by atoms with E-state index < -0.39 is 0 Å². The zero-order valence-corrected chi connectivity index (χ0v) is 20.0. The van der Waals surface area contributed by atoms with Crippen LogP contribution in [0.15, 0.2) is 27.7 Å². The highest BCUT2D eigenvalue weighted by Crippen LogP contribution is 2.24. The highest BCUT2D eigenvalue weighted by Gasteiger charge is 2.16. The van der Waals surface area contributed by atoms with Crippen molar-refractivity contribution in [1.29, 1.82) is 0 Å². The fourth-order valence-electron chi connectivity index (χ4n) is 3.49. The molecule has 2 atom stereocenters. The lowest BCUT2D eigenvalue weighted by molar-refractivity contribution is 0.0683. The van der Waals surface area contributed by atoms with Gasteiger partial charge < -0.3 is 19.9 Å². The molecule has 2 aromatic rings. The fraction of sp³-hybridized carbons (Fsp3) is 0.571. The second kappa shape index (κ2) is 11.5. The number of ether oxygens (including phenoxy) is 1. The Balaban J connectivity index is 0.00000300. The lowest BCUT2D eigenvalue weighted by Gasteiger charge is -2.21. The number of aliphatic imine (C=N–C) groups is 1. The van der Waals surface area contributed by atoms with Crippen LogP contribution in [0.4, 0.5) is 0 Å². The summed E-state index contributed by atoms with van der Waals surface area (Å²) in [6, 6.07) is 6.97. The first kappa shape index (κ1) is 23.6. The maximum atomic E-state index is 5.49. The lowest BCUT2D eigenvalue weighted by Crippen LogP contribution is -2.38. The molecule has 29 heavy (non-hydrogen) atoms. The molecule has 1 heterocycles. The van der Waals surface area contributed by atoms with E-state index in [4.69, 9.17) is 9.26 Å². The Hall–Kier alpha value is -1.68. The number of halogens is 1.